The number of hydrogen-bond donors (Lipinski definition) is 1. The monoisotopic (exact) mass is 195 g/mol. The molecule has 2 aliphatic carbocycles. The second-order valence-electron chi connectivity index (χ2n) is 6.43. The smallest absolute Gasteiger partial charge is 0.000989 e. The highest BCUT2D eigenvalue weighted by molar-refractivity contribution is 5.12. The molecule has 2 rings (SSSR count). The van der Waals surface area contributed by atoms with Crippen LogP contribution in [0.4, 0.5) is 0 Å². The van der Waals surface area contributed by atoms with Crippen molar-refractivity contribution in [3.05, 3.63) is 0 Å². The highest BCUT2D eigenvalue weighted by Crippen LogP contribution is 2.67. The van der Waals surface area contributed by atoms with Gasteiger partial charge < -0.3 is 5.32 Å². The molecule has 1 N–H and O–H groups in total. The fourth-order valence-electron chi connectivity index (χ4n) is 2.80. The number of nitrogens with one attached hydrogen (secondary N) is 1. The molecule has 2 saturated carbocycles. The Balaban J connectivity index is 1.62. The summed E-state index contributed by atoms with van der Waals surface area (Å²) in [6.45, 7) is 12.1. The van der Waals surface area contributed by atoms with Crippen LogP contribution in [0, 0.1) is 22.7 Å². The van der Waals surface area contributed by atoms with E-state index in [1.807, 2.05) is 0 Å². The van der Waals surface area contributed by atoms with Gasteiger partial charge in [-0.25, -0.2) is 0 Å². The lowest BCUT2D eigenvalue weighted by atomic mass is 10.0. The standard InChI is InChI=1S/C13H25N/c1-12(2)11(13(12,3)4)9-14-8-7-10-5-6-10/h10-11,14H,5-9H2,1-4H3. The first-order chi connectivity index (χ1) is 6.46. The zero-order valence-electron chi connectivity index (χ0n) is 10.2. The average Bonchev–Trinajstić information content (AvgIpc) is 2.92. The van der Waals surface area contributed by atoms with Crippen molar-refractivity contribution in [2.45, 2.75) is 47.0 Å². The fourth-order valence-corrected chi connectivity index (χ4v) is 2.80. The molecule has 14 heavy (non-hydrogen) atoms. The summed E-state index contributed by atoms with van der Waals surface area (Å²) < 4.78 is 0. The third-order valence-electron chi connectivity index (χ3n) is 5.09. The molecule has 0 heterocycles. The van der Waals surface area contributed by atoms with E-state index in [-0.39, 0.29) is 0 Å². The fraction of sp³-hybridized carbons (Fsp3) is 1.00. The predicted molar refractivity (Wildman–Crippen MR) is 61.3 cm³/mol. The molecule has 1 nitrogen and oxygen atoms in total. The van der Waals surface area contributed by atoms with Crippen LogP contribution in [-0.4, -0.2) is 13.1 Å². The molecule has 0 aromatic carbocycles. The van der Waals surface area contributed by atoms with Crippen molar-refractivity contribution in [3.63, 3.8) is 0 Å². The maximum Gasteiger partial charge on any atom is -0.000989 e. The molecule has 0 aliphatic heterocycles. The zero-order chi connectivity index (χ0) is 10.4. The second kappa shape index (κ2) is 3.23. The first kappa shape index (κ1) is 10.5. The third-order valence-corrected chi connectivity index (χ3v) is 5.09. The summed E-state index contributed by atoms with van der Waals surface area (Å²) in [4.78, 5) is 0. The van der Waals surface area contributed by atoms with Crippen molar-refractivity contribution < 1.29 is 0 Å². The Kier molecular flexibility index (Phi) is 2.42. The normalized spacial score (nSPS) is 29.1. The number of hydrogen-bond acceptors (Lipinski definition) is 1. The first-order valence-corrected chi connectivity index (χ1v) is 6.17. The summed E-state index contributed by atoms with van der Waals surface area (Å²) in [6.07, 6.45) is 4.39. The Labute approximate surface area is 88.7 Å². The van der Waals surface area contributed by atoms with E-state index in [0.29, 0.717) is 10.8 Å². The summed E-state index contributed by atoms with van der Waals surface area (Å²) in [7, 11) is 0. The molecule has 0 saturated heterocycles. The molecule has 1 heteroatoms. The Hall–Kier alpha value is -0.0400. The molecular formula is C13H25N. The van der Waals surface area contributed by atoms with Gasteiger partial charge in [0.15, 0.2) is 0 Å². The van der Waals surface area contributed by atoms with Gasteiger partial charge in [-0.2, -0.15) is 0 Å². The predicted octanol–water partition coefficient (Wildman–Crippen LogP) is 3.06. The van der Waals surface area contributed by atoms with Crippen LogP contribution >= 0.6 is 0 Å². The first-order valence-electron chi connectivity index (χ1n) is 6.17. The van der Waals surface area contributed by atoms with Crippen molar-refractivity contribution in [1.29, 1.82) is 0 Å². The highest BCUT2D eigenvalue weighted by Gasteiger charge is 2.63. The molecule has 0 aromatic rings. The van der Waals surface area contributed by atoms with Crippen molar-refractivity contribution in [2.24, 2.45) is 22.7 Å². The van der Waals surface area contributed by atoms with Crippen LogP contribution in [0.2, 0.25) is 0 Å². The quantitative estimate of drug-likeness (QED) is 0.665. The third kappa shape index (κ3) is 1.71. The molecule has 0 atom stereocenters. The lowest BCUT2D eigenvalue weighted by Gasteiger charge is -2.04. The van der Waals surface area contributed by atoms with E-state index >= 15 is 0 Å². The van der Waals surface area contributed by atoms with E-state index in [1.54, 1.807) is 0 Å². The minimum Gasteiger partial charge on any atom is -0.316 e. The SMILES string of the molecule is CC1(C)C(CNCCC2CC2)C1(C)C. The molecule has 0 unspecified atom stereocenters. The van der Waals surface area contributed by atoms with E-state index in [1.165, 1.54) is 32.4 Å². The molecule has 82 valence electrons. The van der Waals surface area contributed by atoms with Crippen LogP contribution in [0.25, 0.3) is 0 Å². The molecule has 2 fully saturated rings. The minimum absolute atomic E-state index is 0.555. The summed E-state index contributed by atoms with van der Waals surface area (Å²) in [5, 5.41) is 3.63. The Morgan fingerprint density at radius 3 is 2.07 bits per heavy atom. The van der Waals surface area contributed by atoms with Gasteiger partial charge in [0, 0.05) is 0 Å². The van der Waals surface area contributed by atoms with Gasteiger partial charge in [0.2, 0.25) is 0 Å². The topological polar surface area (TPSA) is 12.0 Å². The molecule has 0 radical (unpaired) electrons. The van der Waals surface area contributed by atoms with Crippen LogP contribution in [0.1, 0.15) is 47.0 Å². The van der Waals surface area contributed by atoms with Crippen LogP contribution in [0.3, 0.4) is 0 Å². The van der Waals surface area contributed by atoms with Gasteiger partial charge >= 0.3 is 0 Å². The van der Waals surface area contributed by atoms with Gasteiger partial charge in [-0.05, 0) is 42.2 Å². The van der Waals surface area contributed by atoms with Crippen LogP contribution in [0.15, 0.2) is 0 Å². The maximum absolute atomic E-state index is 3.63. The van der Waals surface area contributed by atoms with E-state index in [2.05, 4.69) is 33.0 Å². The molecular weight excluding hydrogens is 170 g/mol. The molecule has 0 spiro atoms. The zero-order valence-corrected chi connectivity index (χ0v) is 10.2. The van der Waals surface area contributed by atoms with Crippen molar-refractivity contribution in [2.75, 3.05) is 13.1 Å². The van der Waals surface area contributed by atoms with Crippen LogP contribution in [0.5, 0.6) is 0 Å². The van der Waals surface area contributed by atoms with Crippen LogP contribution < -0.4 is 5.32 Å². The van der Waals surface area contributed by atoms with Crippen molar-refractivity contribution in [3.8, 4) is 0 Å². The van der Waals surface area contributed by atoms with E-state index < -0.39 is 0 Å². The second-order valence-corrected chi connectivity index (χ2v) is 6.43. The van der Waals surface area contributed by atoms with Gasteiger partial charge in [-0.3, -0.25) is 0 Å². The van der Waals surface area contributed by atoms with E-state index in [0.717, 1.165) is 11.8 Å². The largest absolute Gasteiger partial charge is 0.316 e. The van der Waals surface area contributed by atoms with Crippen molar-refractivity contribution in [1.82, 2.24) is 5.32 Å². The summed E-state index contributed by atoms with van der Waals surface area (Å²) in [5.74, 6) is 1.96. The van der Waals surface area contributed by atoms with Gasteiger partial charge in [-0.15, -0.1) is 0 Å². The lowest BCUT2D eigenvalue weighted by Crippen LogP contribution is -2.20. The van der Waals surface area contributed by atoms with E-state index in [4.69, 9.17) is 0 Å². The molecule has 0 amide bonds. The van der Waals surface area contributed by atoms with Crippen molar-refractivity contribution >= 4 is 0 Å². The van der Waals surface area contributed by atoms with Crippen LogP contribution in [-0.2, 0) is 0 Å². The van der Waals surface area contributed by atoms with Gasteiger partial charge in [-0.1, -0.05) is 40.5 Å². The summed E-state index contributed by atoms with van der Waals surface area (Å²) >= 11 is 0. The Morgan fingerprint density at radius 2 is 1.64 bits per heavy atom. The van der Waals surface area contributed by atoms with Gasteiger partial charge in [0.25, 0.3) is 0 Å². The number of rotatable bonds is 5. The summed E-state index contributed by atoms with van der Waals surface area (Å²) in [6, 6.07) is 0. The van der Waals surface area contributed by atoms with Gasteiger partial charge in [0.1, 0.15) is 0 Å². The molecule has 2 aliphatic rings. The average molecular weight is 195 g/mol. The molecule has 0 aromatic heterocycles. The maximum atomic E-state index is 3.63. The van der Waals surface area contributed by atoms with E-state index in [9.17, 15) is 0 Å². The minimum atomic E-state index is 0.555. The highest BCUT2D eigenvalue weighted by atomic mass is 14.9. The Bertz CT molecular complexity index is 199. The lowest BCUT2D eigenvalue weighted by molar-refractivity contribution is 0.457. The molecule has 0 bridgehead atoms. The Morgan fingerprint density at radius 1 is 1.07 bits per heavy atom. The van der Waals surface area contributed by atoms with Gasteiger partial charge in [0.05, 0.1) is 0 Å². The summed E-state index contributed by atoms with van der Waals surface area (Å²) in [5.41, 5.74) is 1.11.